The van der Waals surface area contributed by atoms with Crippen LogP contribution in [0.3, 0.4) is 0 Å². The summed E-state index contributed by atoms with van der Waals surface area (Å²) >= 11 is 0. The normalized spacial score (nSPS) is 17.1. The zero-order valence-corrected chi connectivity index (χ0v) is 12.2. The molecule has 2 N–H and O–H groups in total. The van der Waals surface area contributed by atoms with Crippen molar-refractivity contribution in [3.05, 3.63) is 52.3 Å². The number of para-hydroxylation sites is 1. The summed E-state index contributed by atoms with van der Waals surface area (Å²) in [6.45, 7) is 6.43. The van der Waals surface area contributed by atoms with Crippen LogP contribution in [0, 0.1) is 13.8 Å². The molecule has 1 aliphatic heterocycles. The quantitative estimate of drug-likeness (QED) is 0.879. The zero-order chi connectivity index (χ0) is 14.3. The highest BCUT2D eigenvalue weighted by atomic mass is 16.2. The van der Waals surface area contributed by atoms with E-state index >= 15 is 0 Å². The summed E-state index contributed by atoms with van der Waals surface area (Å²) < 4.78 is 0. The maximum Gasteiger partial charge on any atom is 0.232 e. The fraction of sp³-hybridized carbons (Fsp3) is 0.353. The van der Waals surface area contributed by atoms with Crippen molar-refractivity contribution in [1.82, 2.24) is 4.98 Å². The van der Waals surface area contributed by atoms with Gasteiger partial charge in [0, 0.05) is 23.5 Å². The van der Waals surface area contributed by atoms with E-state index in [4.69, 9.17) is 0 Å². The Hall–Kier alpha value is -2.03. The van der Waals surface area contributed by atoms with Crippen molar-refractivity contribution in [3.8, 4) is 0 Å². The van der Waals surface area contributed by atoms with Gasteiger partial charge in [0.1, 0.15) is 0 Å². The third-order valence-electron chi connectivity index (χ3n) is 4.37. The molecular formula is C17H20N2O. The number of carbonyl (C=O) groups excluding carboxylic acids is 1. The van der Waals surface area contributed by atoms with E-state index in [9.17, 15) is 4.79 Å². The molecule has 3 nitrogen and oxygen atoms in total. The minimum atomic E-state index is -0.0762. The van der Waals surface area contributed by atoms with Crippen molar-refractivity contribution in [2.45, 2.75) is 39.5 Å². The van der Waals surface area contributed by atoms with Crippen LogP contribution in [0.4, 0.5) is 5.69 Å². The molecule has 0 aliphatic carbocycles. The van der Waals surface area contributed by atoms with Gasteiger partial charge < -0.3 is 10.3 Å². The van der Waals surface area contributed by atoms with Crippen molar-refractivity contribution in [3.63, 3.8) is 0 Å². The number of aromatic amines is 1. The Balaban J connectivity index is 1.94. The number of hydrogen-bond donors (Lipinski definition) is 2. The average Bonchev–Trinajstić information content (AvgIpc) is 2.88. The van der Waals surface area contributed by atoms with E-state index in [0.29, 0.717) is 0 Å². The number of rotatable bonds is 3. The fourth-order valence-corrected chi connectivity index (χ4v) is 3.28. The van der Waals surface area contributed by atoms with Crippen LogP contribution in [-0.4, -0.2) is 10.9 Å². The number of carbonyl (C=O) groups is 1. The predicted molar refractivity (Wildman–Crippen MR) is 81.2 cm³/mol. The highest BCUT2D eigenvalue weighted by molar-refractivity contribution is 6.03. The number of fused-ring (bicyclic) bond motifs is 1. The first-order valence-corrected chi connectivity index (χ1v) is 7.18. The molecule has 3 heteroatoms. The van der Waals surface area contributed by atoms with Gasteiger partial charge in [0.05, 0.1) is 5.92 Å². The summed E-state index contributed by atoms with van der Waals surface area (Å²) in [4.78, 5) is 15.6. The van der Waals surface area contributed by atoms with Crippen LogP contribution >= 0.6 is 0 Å². The first-order chi connectivity index (χ1) is 9.61. The maximum atomic E-state index is 12.2. The number of aromatic nitrogens is 1. The molecule has 1 aromatic carbocycles. The molecule has 0 radical (unpaired) electrons. The third kappa shape index (κ3) is 1.94. The van der Waals surface area contributed by atoms with Gasteiger partial charge in [-0.15, -0.1) is 0 Å². The highest BCUT2D eigenvalue weighted by Gasteiger charge is 2.31. The van der Waals surface area contributed by atoms with Gasteiger partial charge in [0.15, 0.2) is 0 Å². The molecule has 3 rings (SSSR count). The van der Waals surface area contributed by atoms with Crippen molar-refractivity contribution in [1.29, 1.82) is 0 Å². The van der Waals surface area contributed by atoms with Crippen molar-refractivity contribution < 1.29 is 4.79 Å². The van der Waals surface area contributed by atoms with E-state index in [1.807, 2.05) is 24.3 Å². The van der Waals surface area contributed by atoms with Gasteiger partial charge in [0.2, 0.25) is 5.91 Å². The van der Waals surface area contributed by atoms with Gasteiger partial charge in [-0.1, -0.05) is 25.1 Å². The van der Waals surface area contributed by atoms with Crippen LogP contribution in [0.15, 0.2) is 24.3 Å². The smallest absolute Gasteiger partial charge is 0.232 e. The Labute approximate surface area is 119 Å². The molecule has 1 amide bonds. The molecule has 0 spiro atoms. The Morgan fingerprint density at radius 2 is 1.95 bits per heavy atom. The number of hydrogen-bond acceptors (Lipinski definition) is 1. The summed E-state index contributed by atoms with van der Waals surface area (Å²) in [5, 5.41) is 2.97. The highest BCUT2D eigenvalue weighted by Crippen LogP contribution is 2.35. The van der Waals surface area contributed by atoms with E-state index in [0.717, 1.165) is 24.1 Å². The van der Waals surface area contributed by atoms with Crippen LogP contribution in [0.5, 0.6) is 0 Å². The monoisotopic (exact) mass is 268 g/mol. The van der Waals surface area contributed by atoms with E-state index in [1.165, 1.54) is 22.5 Å². The van der Waals surface area contributed by atoms with Gasteiger partial charge in [-0.2, -0.15) is 0 Å². The molecule has 1 unspecified atom stereocenters. The van der Waals surface area contributed by atoms with Crippen LogP contribution in [-0.2, 0) is 17.6 Å². The number of amides is 1. The van der Waals surface area contributed by atoms with E-state index in [1.54, 1.807) is 0 Å². The molecule has 0 saturated carbocycles. The number of aryl methyl sites for hydroxylation is 1. The summed E-state index contributed by atoms with van der Waals surface area (Å²) in [5.74, 6) is 0.0311. The molecule has 1 aromatic heterocycles. The molecule has 1 atom stereocenters. The first kappa shape index (κ1) is 13.0. The molecule has 0 bridgehead atoms. The van der Waals surface area contributed by atoms with Crippen molar-refractivity contribution >= 4 is 11.6 Å². The molecule has 2 heterocycles. The van der Waals surface area contributed by atoms with Crippen LogP contribution < -0.4 is 5.32 Å². The fourth-order valence-electron chi connectivity index (χ4n) is 3.28. The number of anilines is 1. The van der Waals surface area contributed by atoms with Crippen LogP contribution in [0.25, 0.3) is 0 Å². The van der Waals surface area contributed by atoms with Gasteiger partial charge >= 0.3 is 0 Å². The van der Waals surface area contributed by atoms with E-state index in [-0.39, 0.29) is 11.8 Å². The Morgan fingerprint density at radius 1 is 1.20 bits per heavy atom. The molecule has 0 saturated heterocycles. The van der Waals surface area contributed by atoms with E-state index < -0.39 is 0 Å². The summed E-state index contributed by atoms with van der Waals surface area (Å²) in [7, 11) is 0. The standard InChI is InChI=1S/C17H20N2O/c1-4-12-10(2)16(18-11(12)3)9-14-13-7-5-6-8-15(13)19-17(14)20/h5-8,14,18H,4,9H2,1-3H3,(H,19,20). The summed E-state index contributed by atoms with van der Waals surface area (Å²) in [5.41, 5.74) is 7.18. The summed E-state index contributed by atoms with van der Waals surface area (Å²) in [6, 6.07) is 7.97. The molecule has 104 valence electrons. The Bertz CT molecular complexity index is 670. The summed E-state index contributed by atoms with van der Waals surface area (Å²) in [6.07, 6.45) is 1.77. The lowest BCUT2D eigenvalue weighted by Crippen LogP contribution is -2.14. The number of nitrogens with one attached hydrogen (secondary N) is 2. The second kappa shape index (κ2) is 4.82. The third-order valence-corrected chi connectivity index (χ3v) is 4.37. The molecule has 20 heavy (non-hydrogen) atoms. The van der Waals surface area contributed by atoms with Gasteiger partial charge in [-0.05, 0) is 43.0 Å². The minimum Gasteiger partial charge on any atom is -0.362 e. The second-order valence-electron chi connectivity index (χ2n) is 5.52. The van der Waals surface area contributed by atoms with E-state index in [2.05, 4.69) is 31.1 Å². The van der Waals surface area contributed by atoms with Crippen molar-refractivity contribution in [2.75, 3.05) is 5.32 Å². The zero-order valence-electron chi connectivity index (χ0n) is 12.2. The SMILES string of the molecule is CCc1c(C)[nH]c(CC2C(=O)Nc3ccccc32)c1C. The largest absolute Gasteiger partial charge is 0.362 e. The first-order valence-electron chi connectivity index (χ1n) is 7.18. The van der Waals surface area contributed by atoms with Gasteiger partial charge in [-0.3, -0.25) is 4.79 Å². The van der Waals surface area contributed by atoms with Crippen LogP contribution in [0.1, 0.15) is 40.9 Å². The van der Waals surface area contributed by atoms with Crippen LogP contribution in [0.2, 0.25) is 0 Å². The lowest BCUT2D eigenvalue weighted by molar-refractivity contribution is -0.117. The maximum absolute atomic E-state index is 12.2. The predicted octanol–water partition coefficient (Wildman–Crippen LogP) is 3.47. The Kier molecular flexibility index (Phi) is 3.13. The lowest BCUT2D eigenvalue weighted by atomic mass is 9.94. The topological polar surface area (TPSA) is 44.9 Å². The molecule has 1 aliphatic rings. The number of H-pyrrole nitrogens is 1. The average molecular weight is 268 g/mol. The molecular weight excluding hydrogens is 248 g/mol. The lowest BCUT2D eigenvalue weighted by Gasteiger charge is -2.08. The van der Waals surface area contributed by atoms with Gasteiger partial charge in [-0.25, -0.2) is 0 Å². The molecule has 2 aromatic rings. The van der Waals surface area contributed by atoms with Gasteiger partial charge in [0.25, 0.3) is 0 Å². The Morgan fingerprint density at radius 3 is 2.65 bits per heavy atom. The van der Waals surface area contributed by atoms with Crippen molar-refractivity contribution in [2.24, 2.45) is 0 Å². The second-order valence-corrected chi connectivity index (χ2v) is 5.52. The number of benzene rings is 1. The molecule has 0 fully saturated rings. The minimum absolute atomic E-state index is 0.0762.